The third-order valence-electron chi connectivity index (χ3n) is 3.81. The van der Waals surface area contributed by atoms with E-state index in [1.807, 2.05) is 4.90 Å². The van der Waals surface area contributed by atoms with Crippen LogP contribution in [0, 0.1) is 0 Å². The number of fused-ring (bicyclic) bond motifs is 1. The highest BCUT2D eigenvalue weighted by Crippen LogP contribution is 2.29. The number of rotatable bonds is 4. The number of anilines is 2. The minimum Gasteiger partial charge on any atom is -0.318 e. The topological polar surface area (TPSA) is 46.1 Å². The van der Waals surface area contributed by atoms with Crippen molar-refractivity contribution in [2.24, 2.45) is 0 Å². The maximum absolute atomic E-state index is 12.2. The van der Waals surface area contributed by atoms with E-state index in [4.69, 9.17) is 0 Å². The van der Waals surface area contributed by atoms with Gasteiger partial charge in [0.05, 0.1) is 5.39 Å². The summed E-state index contributed by atoms with van der Waals surface area (Å²) in [6, 6.07) is 12.0. The lowest BCUT2D eigenvalue weighted by molar-refractivity contribution is 0.865. The van der Waals surface area contributed by atoms with E-state index in [2.05, 4.69) is 55.0 Å². The first-order chi connectivity index (χ1) is 11.1. The molecule has 0 saturated carbocycles. The lowest BCUT2D eigenvalue weighted by atomic mass is 10.0. The fourth-order valence-corrected chi connectivity index (χ4v) is 3.50. The van der Waals surface area contributed by atoms with Gasteiger partial charge in [-0.05, 0) is 42.7 Å². The van der Waals surface area contributed by atoms with Gasteiger partial charge in [0.2, 0.25) is 0 Å². The van der Waals surface area contributed by atoms with Gasteiger partial charge in [0.1, 0.15) is 4.83 Å². The van der Waals surface area contributed by atoms with Crippen LogP contribution in [0.2, 0.25) is 0 Å². The Kier molecular flexibility index (Phi) is 4.39. The average Bonchev–Trinajstić information content (AvgIpc) is 2.56. The highest BCUT2D eigenvalue weighted by Gasteiger charge is 2.13. The third-order valence-corrected chi connectivity index (χ3v) is 4.82. The Morgan fingerprint density at radius 1 is 1.17 bits per heavy atom. The Morgan fingerprint density at radius 2 is 1.91 bits per heavy atom. The normalized spacial score (nSPS) is 11.1. The van der Waals surface area contributed by atoms with Gasteiger partial charge in [-0.1, -0.05) is 37.3 Å². The summed E-state index contributed by atoms with van der Waals surface area (Å²) in [4.78, 5) is 23.5. The van der Waals surface area contributed by atoms with Crippen molar-refractivity contribution < 1.29 is 0 Å². The maximum Gasteiger partial charge on any atom is 0.282 e. The third kappa shape index (κ3) is 3.10. The van der Waals surface area contributed by atoms with Crippen molar-refractivity contribution in [2.45, 2.75) is 26.7 Å². The van der Waals surface area contributed by atoms with Crippen molar-refractivity contribution in [3.8, 4) is 0 Å². The highest BCUT2D eigenvalue weighted by atomic mass is 32.1. The molecule has 3 aromatic rings. The number of nitrogens with zero attached hydrogens (tertiary/aromatic N) is 3. The van der Waals surface area contributed by atoms with Crippen molar-refractivity contribution in [3.63, 3.8) is 0 Å². The molecule has 0 radical (unpaired) electrons. The lowest BCUT2D eigenvalue weighted by Gasteiger charge is -2.21. The van der Waals surface area contributed by atoms with E-state index in [1.54, 1.807) is 18.3 Å². The monoisotopic (exact) mass is 325 g/mol. The molecule has 0 spiro atoms. The molecule has 0 amide bonds. The van der Waals surface area contributed by atoms with E-state index in [9.17, 15) is 4.79 Å². The number of pyridine rings is 1. The van der Waals surface area contributed by atoms with Crippen LogP contribution in [-0.2, 0) is 0 Å². The zero-order valence-electron chi connectivity index (χ0n) is 13.5. The zero-order chi connectivity index (χ0) is 16.4. The molecule has 5 heteroatoms. The first kappa shape index (κ1) is 15.6. The molecule has 0 aliphatic heterocycles. The van der Waals surface area contributed by atoms with Gasteiger partial charge in [0.25, 0.3) is 5.56 Å². The number of aromatic nitrogens is 2. The molecule has 0 aliphatic carbocycles. The first-order valence-electron chi connectivity index (χ1n) is 7.73. The summed E-state index contributed by atoms with van der Waals surface area (Å²) in [5.41, 5.74) is 2.11. The molecule has 0 saturated heterocycles. The molecular formula is C18H19N3OS. The Balaban J connectivity index is 2.05. The van der Waals surface area contributed by atoms with Crippen LogP contribution in [0.1, 0.15) is 32.3 Å². The largest absolute Gasteiger partial charge is 0.318 e. The lowest BCUT2D eigenvalue weighted by Crippen LogP contribution is -2.20. The molecule has 118 valence electrons. The summed E-state index contributed by atoms with van der Waals surface area (Å²) in [5.74, 6) is 0.498. The van der Waals surface area contributed by atoms with E-state index < -0.39 is 0 Å². The van der Waals surface area contributed by atoms with Gasteiger partial charge in [-0.25, -0.2) is 4.98 Å². The molecule has 2 aromatic heterocycles. The summed E-state index contributed by atoms with van der Waals surface area (Å²) in [6.07, 6.45) is 1.70. The molecule has 0 bridgehead atoms. The number of hydrogen-bond donors (Lipinski definition) is 0. The van der Waals surface area contributed by atoms with Crippen LogP contribution >= 0.6 is 11.3 Å². The Hall–Kier alpha value is -2.27. The maximum atomic E-state index is 12.2. The van der Waals surface area contributed by atoms with Gasteiger partial charge >= 0.3 is 0 Å². The fraction of sp³-hybridized carbons (Fsp3) is 0.278. The van der Waals surface area contributed by atoms with E-state index in [1.165, 1.54) is 16.9 Å². The SMILES string of the molecule is CCN(c1ccc(C(C)C)cc1)c1nc(=O)c2cccnc2s1. The Labute approximate surface area is 139 Å². The second-order valence-electron chi connectivity index (χ2n) is 5.65. The van der Waals surface area contributed by atoms with Crippen LogP contribution in [-0.4, -0.2) is 16.5 Å². The van der Waals surface area contributed by atoms with Gasteiger partial charge in [-0.2, -0.15) is 4.98 Å². The van der Waals surface area contributed by atoms with Gasteiger partial charge in [-0.15, -0.1) is 0 Å². The molecule has 0 aliphatic rings. The van der Waals surface area contributed by atoms with Gasteiger partial charge in [0, 0.05) is 18.4 Å². The molecule has 0 N–H and O–H groups in total. The van der Waals surface area contributed by atoms with Crippen LogP contribution in [0.5, 0.6) is 0 Å². The summed E-state index contributed by atoms with van der Waals surface area (Å²) < 4.78 is 0. The van der Waals surface area contributed by atoms with Crippen LogP contribution in [0.15, 0.2) is 47.4 Å². The summed E-state index contributed by atoms with van der Waals surface area (Å²) in [5, 5.41) is 1.26. The van der Waals surface area contributed by atoms with E-state index in [0.29, 0.717) is 16.4 Å². The summed E-state index contributed by atoms with van der Waals surface area (Å²) in [7, 11) is 0. The Bertz CT molecular complexity index is 871. The van der Waals surface area contributed by atoms with Gasteiger partial charge < -0.3 is 4.90 Å². The second kappa shape index (κ2) is 6.46. The van der Waals surface area contributed by atoms with Crippen LogP contribution in [0.3, 0.4) is 0 Å². The molecule has 0 unspecified atom stereocenters. The van der Waals surface area contributed by atoms with Crippen LogP contribution in [0.4, 0.5) is 10.8 Å². The quantitative estimate of drug-likeness (QED) is 0.716. The molecule has 0 atom stereocenters. The smallest absolute Gasteiger partial charge is 0.282 e. The van der Waals surface area contributed by atoms with Gasteiger partial charge in [-0.3, -0.25) is 4.79 Å². The number of benzene rings is 1. The van der Waals surface area contributed by atoms with E-state index in [0.717, 1.165) is 17.1 Å². The first-order valence-corrected chi connectivity index (χ1v) is 8.55. The molecule has 4 nitrogen and oxygen atoms in total. The fourth-order valence-electron chi connectivity index (χ4n) is 2.47. The van der Waals surface area contributed by atoms with Gasteiger partial charge in [0.15, 0.2) is 5.13 Å². The predicted molar refractivity (Wildman–Crippen MR) is 96.9 cm³/mol. The standard InChI is InChI=1S/C18H19N3OS/c1-4-21(14-9-7-13(8-10-14)12(2)3)18-20-16(22)15-6-5-11-19-17(15)23-18/h5-12H,4H2,1-3H3. The van der Waals surface area contributed by atoms with E-state index >= 15 is 0 Å². The molecule has 23 heavy (non-hydrogen) atoms. The summed E-state index contributed by atoms with van der Waals surface area (Å²) >= 11 is 1.44. The van der Waals surface area contributed by atoms with Crippen molar-refractivity contribution in [1.82, 2.24) is 9.97 Å². The Morgan fingerprint density at radius 3 is 2.57 bits per heavy atom. The predicted octanol–water partition coefficient (Wildman–Crippen LogP) is 4.33. The van der Waals surface area contributed by atoms with Crippen molar-refractivity contribution >= 4 is 32.4 Å². The van der Waals surface area contributed by atoms with Crippen LogP contribution in [0.25, 0.3) is 10.2 Å². The molecule has 2 heterocycles. The van der Waals surface area contributed by atoms with Crippen molar-refractivity contribution in [1.29, 1.82) is 0 Å². The zero-order valence-corrected chi connectivity index (χ0v) is 14.3. The minimum atomic E-state index is -0.223. The minimum absolute atomic E-state index is 0.223. The molecule has 3 rings (SSSR count). The summed E-state index contributed by atoms with van der Waals surface area (Å²) in [6.45, 7) is 7.14. The highest BCUT2D eigenvalue weighted by molar-refractivity contribution is 7.21. The van der Waals surface area contributed by atoms with E-state index in [-0.39, 0.29) is 5.56 Å². The average molecular weight is 325 g/mol. The molecule has 0 fully saturated rings. The second-order valence-corrected chi connectivity index (χ2v) is 6.60. The number of hydrogen-bond acceptors (Lipinski definition) is 5. The van der Waals surface area contributed by atoms with Crippen molar-refractivity contribution in [3.05, 3.63) is 58.5 Å². The molecular weight excluding hydrogens is 306 g/mol. The van der Waals surface area contributed by atoms with Crippen molar-refractivity contribution in [2.75, 3.05) is 11.4 Å². The van der Waals surface area contributed by atoms with Crippen LogP contribution < -0.4 is 10.5 Å². The molecule has 1 aromatic carbocycles.